The van der Waals surface area contributed by atoms with Crippen LogP contribution in [0, 0.1) is 0 Å². The number of nitrogens with zero attached hydrogens (tertiary/aromatic N) is 2. The van der Waals surface area contributed by atoms with Crippen molar-refractivity contribution in [1.82, 2.24) is 10.2 Å². The predicted molar refractivity (Wildman–Crippen MR) is 82.4 cm³/mol. The zero-order valence-corrected chi connectivity index (χ0v) is 12.1. The Balaban J connectivity index is 1.63. The van der Waals surface area contributed by atoms with Crippen LogP contribution < -0.4 is 10.7 Å². The minimum absolute atomic E-state index is 0.112. The first-order chi connectivity index (χ1) is 11.7. The van der Waals surface area contributed by atoms with Crippen molar-refractivity contribution >= 4 is 22.9 Å². The van der Waals surface area contributed by atoms with Crippen LogP contribution in [0.1, 0.15) is 10.4 Å². The molecule has 3 aromatic heterocycles. The number of carbonyl (C=O) groups is 1. The molecule has 0 radical (unpaired) electrons. The first-order valence-electron chi connectivity index (χ1n) is 6.91. The van der Waals surface area contributed by atoms with Crippen LogP contribution in [-0.2, 0) is 0 Å². The molecule has 3 heterocycles. The van der Waals surface area contributed by atoms with Gasteiger partial charge in [0.2, 0.25) is 5.43 Å². The summed E-state index contributed by atoms with van der Waals surface area (Å²) >= 11 is 0. The summed E-state index contributed by atoms with van der Waals surface area (Å²) in [6.07, 6.45) is 2.56. The molecular formula is C16H9N3O5. The minimum Gasteiger partial charge on any atom is -0.463 e. The van der Waals surface area contributed by atoms with Crippen molar-refractivity contribution in [2.75, 3.05) is 5.32 Å². The fraction of sp³-hybridized carbons (Fsp3) is 0. The summed E-state index contributed by atoms with van der Waals surface area (Å²) in [4.78, 5) is 24.6. The van der Waals surface area contributed by atoms with E-state index in [0.29, 0.717) is 16.7 Å². The lowest BCUT2D eigenvalue weighted by Crippen LogP contribution is -2.21. The summed E-state index contributed by atoms with van der Waals surface area (Å²) in [6, 6.07) is 9.80. The van der Waals surface area contributed by atoms with Crippen LogP contribution in [0.3, 0.4) is 0 Å². The molecule has 0 bridgehead atoms. The summed E-state index contributed by atoms with van der Waals surface area (Å²) < 4.78 is 15.7. The fourth-order valence-electron chi connectivity index (χ4n) is 2.17. The second-order valence-corrected chi connectivity index (χ2v) is 4.82. The molecule has 4 rings (SSSR count). The van der Waals surface area contributed by atoms with Gasteiger partial charge in [-0.2, -0.15) is 0 Å². The van der Waals surface area contributed by atoms with Crippen LogP contribution >= 0.6 is 0 Å². The van der Waals surface area contributed by atoms with Crippen LogP contribution in [0.25, 0.3) is 22.6 Å². The molecule has 0 saturated carbocycles. The number of rotatable bonds is 3. The summed E-state index contributed by atoms with van der Waals surface area (Å²) in [5, 5.41) is 10.1. The molecule has 0 atom stereocenters. The Morgan fingerprint density at radius 2 is 1.92 bits per heavy atom. The highest BCUT2D eigenvalue weighted by Gasteiger charge is 2.18. The third kappa shape index (κ3) is 2.35. The molecule has 8 nitrogen and oxygen atoms in total. The van der Waals surface area contributed by atoms with Gasteiger partial charge in [0.15, 0.2) is 5.76 Å². The number of fused-ring (bicyclic) bond motifs is 1. The number of nitrogens with one attached hydrogen (secondary N) is 1. The topological polar surface area (TPSA) is 111 Å². The second-order valence-electron chi connectivity index (χ2n) is 4.82. The van der Waals surface area contributed by atoms with Crippen LogP contribution in [-0.4, -0.2) is 16.1 Å². The third-order valence-electron chi connectivity index (χ3n) is 3.30. The molecular weight excluding hydrogens is 314 g/mol. The van der Waals surface area contributed by atoms with Gasteiger partial charge < -0.3 is 13.3 Å². The maximum Gasteiger partial charge on any atom is 0.322 e. The van der Waals surface area contributed by atoms with Gasteiger partial charge in [-0.1, -0.05) is 17.2 Å². The standard InChI is InChI=1S/C16H9N3O5/c20-13-9-4-1-2-5-11(9)23-8-10(13)14(21)17-16-19-18-15(24-16)12-6-3-7-22-12/h1-8H,(H,17,19,21). The van der Waals surface area contributed by atoms with Gasteiger partial charge in [-0.25, -0.2) is 0 Å². The number of benzene rings is 1. The molecule has 0 aliphatic heterocycles. The highest BCUT2D eigenvalue weighted by atomic mass is 16.4. The molecule has 0 aliphatic carbocycles. The lowest BCUT2D eigenvalue weighted by molar-refractivity contribution is 0.102. The van der Waals surface area contributed by atoms with Crippen molar-refractivity contribution in [1.29, 1.82) is 0 Å². The first kappa shape index (κ1) is 13.9. The molecule has 1 aromatic carbocycles. The molecule has 0 fully saturated rings. The van der Waals surface area contributed by atoms with E-state index in [1.165, 1.54) is 6.26 Å². The van der Waals surface area contributed by atoms with Gasteiger partial charge in [-0.3, -0.25) is 14.9 Å². The normalized spacial score (nSPS) is 10.8. The van der Waals surface area contributed by atoms with Gasteiger partial charge in [0, 0.05) is 0 Å². The fourth-order valence-corrected chi connectivity index (χ4v) is 2.17. The average Bonchev–Trinajstić information content (AvgIpc) is 3.26. The molecule has 0 unspecified atom stereocenters. The molecule has 0 spiro atoms. The van der Waals surface area contributed by atoms with Crippen LogP contribution in [0.15, 0.2) is 67.0 Å². The molecule has 24 heavy (non-hydrogen) atoms. The number of carbonyl (C=O) groups excluding carboxylic acids is 1. The Kier molecular flexibility index (Phi) is 3.20. The Hall–Kier alpha value is -3.68. The maximum atomic E-state index is 12.3. The number of hydrogen-bond donors (Lipinski definition) is 1. The maximum absolute atomic E-state index is 12.3. The number of para-hydroxylation sites is 1. The van der Waals surface area contributed by atoms with Crippen molar-refractivity contribution in [3.8, 4) is 11.7 Å². The number of furan rings is 1. The van der Waals surface area contributed by atoms with Crippen LogP contribution in [0.5, 0.6) is 0 Å². The predicted octanol–water partition coefficient (Wildman–Crippen LogP) is 2.69. The molecule has 8 heteroatoms. The van der Waals surface area contributed by atoms with E-state index in [9.17, 15) is 9.59 Å². The van der Waals surface area contributed by atoms with Gasteiger partial charge in [0.05, 0.1) is 11.6 Å². The molecule has 1 amide bonds. The summed E-state index contributed by atoms with van der Waals surface area (Å²) in [6.45, 7) is 0. The Bertz CT molecular complexity index is 1080. The zero-order chi connectivity index (χ0) is 16.5. The quantitative estimate of drug-likeness (QED) is 0.617. The van der Waals surface area contributed by atoms with E-state index < -0.39 is 11.3 Å². The van der Waals surface area contributed by atoms with Crippen LogP contribution in [0.4, 0.5) is 6.01 Å². The van der Waals surface area contributed by atoms with Gasteiger partial charge in [-0.15, -0.1) is 5.10 Å². The Labute approximate surface area is 133 Å². The van der Waals surface area contributed by atoms with Gasteiger partial charge in [0.1, 0.15) is 17.4 Å². The Morgan fingerprint density at radius 1 is 1.04 bits per heavy atom. The summed E-state index contributed by atoms with van der Waals surface area (Å²) in [5.41, 5.74) is -0.205. The van der Waals surface area contributed by atoms with Crippen molar-refractivity contribution in [2.24, 2.45) is 0 Å². The smallest absolute Gasteiger partial charge is 0.322 e. The lowest BCUT2D eigenvalue weighted by atomic mass is 10.1. The monoisotopic (exact) mass is 323 g/mol. The molecule has 1 N–H and O–H groups in total. The van der Waals surface area contributed by atoms with Crippen molar-refractivity contribution in [3.63, 3.8) is 0 Å². The minimum atomic E-state index is -0.704. The van der Waals surface area contributed by atoms with E-state index >= 15 is 0 Å². The Morgan fingerprint density at radius 3 is 2.75 bits per heavy atom. The molecule has 4 aromatic rings. The summed E-state index contributed by atoms with van der Waals surface area (Å²) in [5.74, 6) is -0.224. The summed E-state index contributed by atoms with van der Waals surface area (Å²) in [7, 11) is 0. The van der Waals surface area contributed by atoms with E-state index in [0.717, 1.165) is 6.26 Å². The molecule has 0 aliphatic rings. The van der Waals surface area contributed by atoms with E-state index in [1.807, 2.05) is 0 Å². The van der Waals surface area contributed by atoms with E-state index in [-0.39, 0.29) is 17.5 Å². The van der Waals surface area contributed by atoms with Crippen LogP contribution in [0.2, 0.25) is 0 Å². The van der Waals surface area contributed by atoms with Gasteiger partial charge >= 0.3 is 6.01 Å². The first-order valence-corrected chi connectivity index (χ1v) is 6.91. The van der Waals surface area contributed by atoms with Crippen molar-refractivity contribution < 1.29 is 18.0 Å². The number of aromatic nitrogens is 2. The molecule has 118 valence electrons. The highest BCUT2D eigenvalue weighted by Crippen LogP contribution is 2.20. The number of hydrogen-bond acceptors (Lipinski definition) is 7. The molecule has 0 saturated heterocycles. The van der Waals surface area contributed by atoms with Crippen molar-refractivity contribution in [2.45, 2.75) is 0 Å². The average molecular weight is 323 g/mol. The third-order valence-corrected chi connectivity index (χ3v) is 3.30. The van der Waals surface area contributed by atoms with Crippen molar-refractivity contribution in [3.05, 3.63) is 64.7 Å². The highest BCUT2D eigenvalue weighted by molar-refractivity contribution is 6.04. The largest absolute Gasteiger partial charge is 0.463 e. The van der Waals surface area contributed by atoms with Gasteiger partial charge in [0.25, 0.3) is 11.8 Å². The SMILES string of the molecule is O=C(Nc1nnc(-c2ccco2)o1)c1coc2ccccc2c1=O. The van der Waals surface area contributed by atoms with E-state index in [2.05, 4.69) is 15.5 Å². The lowest BCUT2D eigenvalue weighted by Gasteiger charge is -2.01. The van der Waals surface area contributed by atoms with E-state index in [1.54, 1.807) is 36.4 Å². The number of amides is 1. The van der Waals surface area contributed by atoms with Gasteiger partial charge in [-0.05, 0) is 24.3 Å². The zero-order valence-electron chi connectivity index (χ0n) is 12.1. The number of anilines is 1. The van der Waals surface area contributed by atoms with E-state index in [4.69, 9.17) is 13.3 Å². The second kappa shape index (κ2) is 5.51.